The first kappa shape index (κ1) is 11.3. The number of benzene rings is 1. The average molecular weight is 231 g/mol. The van der Waals surface area contributed by atoms with Crippen molar-refractivity contribution in [1.82, 2.24) is 15.5 Å². The molecule has 88 valence electrons. The van der Waals surface area contributed by atoms with E-state index in [2.05, 4.69) is 15.5 Å². The first-order chi connectivity index (χ1) is 8.15. The number of carbonyl (C=O) groups excluding carboxylic acids is 1. The predicted molar refractivity (Wildman–Crippen MR) is 61.4 cm³/mol. The van der Waals surface area contributed by atoms with Crippen LogP contribution in [0.3, 0.4) is 0 Å². The van der Waals surface area contributed by atoms with Crippen LogP contribution in [0.1, 0.15) is 27.7 Å². The van der Waals surface area contributed by atoms with Crippen molar-refractivity contribution in [3.8, 4) is 0 Å². The van der Waals surface area contributed by atoms with Gasteiger partial charge in [-0.15, -0.1) is 10.2 Å². The molecular formula is C12H13N3O2. The van der Waals surface area contributed by atoms with E-state index in [9.17, 15) is 4.79 Å². The number of aromatic nitrogens is 2. The van der Waals surface area contributed by atoms with Gasteiger partial charge in [0.2, 0.25) is 11.8 Å². The van der Waals surface area contributed by atoms with Crippen LogP contribution in [0, 0.1) is 13.8 Å². The molecule has 0 aliphatic rings. The third-order valence-corrected chi connectivity index (χ3v) is 2.28. The van der Waals surface area contributed by atoms with E-state index in [-0.39, 0.29) is 12.5 Å². The Hall–Kier alpha value is -2.17. The molecule has 0 radical (unpaired) electrons. The third-order valence-electron chi connectivity index (χ3n) is 2.28. The van der Waals surface area contributed by atoms with Crippen LogP contribution in [0.25, 0.3) is 0 Å². The van der Waals surface area contributed by atoms with E-state index in [0.29, 0.717) is 17.3 Å². The van der Waals surface area contributed by atoms with Crippen LogP contribution in [0.4, 0.5) is 0 Å². The summed E-state index contributed by atoms with van der Waals surface area (Å²) < 4.78 is 5.15. The molecule has 1 aromatic carbocycles. The summed E-state index contributed by atoms with van der Waals surface area (Å²) in [6.45, 7) is 3.93. The SMILES string of the molecule is Cc1ccc(C(=O)NCc2nnc(C)o2)cc1. The minimum absolute atomic E-state index is 0.152. The lowest BCUT2D eigenvalue weighted by atomic mass is 10.1. The first-order valence-corrected chi connectivity index (χ1v) is 5.29. The fraction of sp³-hybridized carbons (Fsp3) is 0.250. The molecule has 17 heavy (non-hydrogen) atoms. The molecule has 0 atom stereocenters. The molecule has 1 amide bonds. The number of hydrogen-bond donors (Lipinski definition) is 1. The number of hydrogen-bond acceptors (Lipinski definition) is 4. The quantitative estimate of drug-likeness (QED) is 0.871. The van der Waals surface area contributed by atoms with E-state index in [1.54, 1.807) is 19.1 Å². The summed E-state index contributed by atoms with van der Waals surface area (Å²) in [5.41, 5.74) is 1.74. The number of rotatable bonds is 3. The summed E-state index contributed by atoms with van der Waals surface area (Å²) in [6, 6.07) is 7.35. The van der Waals surface area contributed by atoms with Gasteiger partial charge in [-0.25, -0.2) is 0 Å². The van der Waals surface area contributed by atoms with E-state index >= 15 is 0 Å². The molecule has 1 aromatic heterocycles. The van der Waals surface area contributed by atoms with Crippen LogP contribution in [0.5, 0.6) is 0 Å². The highest BCUT2D eigenvalue weighted by Gasteiger charge is 2.07. The van der Waals surface area contributed by atoms with Crippen molar-refractivity contribution in [2.45, 2.75) is 20.4 Å². The molecule has 0 saturated carbocycles. The summed E-state index contributed by atoms with van der Waals surface area (Å²) >= 11 is 0. The maximum absolute atomic E-state index is 11.7. The Kier molecular flexibility index (Phi) is 3.18. The number of aryl methyl sites for hydroxylation is 2. The molecule has 1 heterocycles. The second-order valence-corrected chi connectivity index (χ2v) is 3.76. The number of nitrogens with zero attached hydrogens (tertiary/aromatic N) is 2. The number of nitrogens with one attached hydrogen (secondary N) is 1. The molecular weight excluding hydrogens is 218 g/mol. The van der Waals surface area contributed by atoms with Crippen LogP contribution in [-0.4, -0.2) is 16.1 Å². The smallest absolute Gasteiger partial charge is 0.251 e. The van der Waals surface area contributed by atoms with Crippen LogP contribution < -0.4 is 5.32 Å². The van der Waals surface area contributed by atoms with Gasteiger partial charge >= 0.3 is 0 Å². The van der Waals surface area contributed by atoms with Crippen molar-refractivity contribution in [3.05, 3.63) is 47.2 Å². The summed E-state index contributed by atoms with van der Waals surface area (Å²) in [5, 5.41) is 10.2. The molecule has 0 saturated heterocycles. The van der Waals surface area contributed by atoms with Crippen molar-refractivity contribution < 1.29 is 9.21 Å². The molecule has 2 rings (SSSR count). The van der Waals surface area contributed by atoms with Crippen molar-refractivity contribution in [2.24, 2.45) is 0 Å². The van der Waals surface area contributed by atoms with Gasteiger partial charge in [0.25, 0.3) is 5.91 Å². The van der Waals surface area contributed by atoms with Gasteiger partial charge in [0.1, 0.15) is 0 Å². The highest BCUT2D eigenvalue weighted by Crippen LogP contribution is 2.03. The van der Waals surface area contributed by atoms with Gasteiger partial charge in [0.05, 0.1) is 6.54 Å². The Morgan fingerprint density at radius 2 is 1.94 bits per heavy atom. The topological polar surface area (TPSA) is 68.0 Å². The molecule has 0 unspecified atom stereocenters. The molecule has 0 aliphatic carbocycles. The fourth-order valence-corrected chi connectivity index (χ4v) is 1.37. The molecule has 0 aliphatic heterocycles. The maximum Gasteiger partial charge on any atom is 0.251 e. The number of carbonyl (C=O) groups is 1. The molecule has 0 bridgehead atoms. The summed E-state index contributed by atoms with van der Waals surface area (Å²) in [4.78, 5) is 11.7. The standard InChI is InChI=1S/C12H13N3O2/c1-8-3-5-10(6-4-8)12(16)13-7-11-15-14-9(2)17-11/h3-6H,7H2,1-2H3,(H,13,16). The van der Waals surface area contributed by atoms with Gasteiger partial charge in [-0.2, -0.15) is 0 Å². The van der Waals surface area contributed by atoms with Crippen molar-refractivity contribution in [2.75, 3.05) is 0 Å². The zero-order chi connectivity index (χ0) is 12.3. The normalized spacial score (nSPS) is 10.2. The van der Waals surface area contributed by atoms with E-state index < -0.39 is 0 Å². The summed E-state index contributed by atoms with van der Waals surface area (Å²) in [7, 11) is 0. The Labute approximate surface area is 98.9 Å². The molecule has 5 heteroatoms. The van der Waals surface area contributed by atoms with Crippen LogP contribution in [-0.2, 0) is 6.54 Å². The van der Waals surface area contributed by atoms with Crippen LogP contribution >= 0.6 is 0 Å². The van der Waals surface area contributed by atoms with Crippen LogP contribution in [0.2, 0.25) is 0 Å². The maximum atomic E-state index is 11.7. The summed E-state index contributed by atoms with van der Waals surface area (Å²) in [5.74, 6) is 0.744. The lowest BCUT2D eigenvalue weighted by Gasteiger charge is -2.02. The monoisotopic (exact) mass is 231 g/mol. The molecule has 5 nitrogen and oxygen atoms in total. The van der Waals surface area contributed by atoms with E-state index in [0.717, 1.165) is 5.56 Å². The van der Waals surface area contributed by atoms with Gasteiger partial charge in [0.15, 0.2) is 0 Å². The Bertz CT molecular complexity index is 517. The summed E-state index contributed by atoms with van der Waals surface area (Å²) in [6.07, 6.45) is 0. The Balaban J connectivity index is 1.95. The Morgan fingerprint density at radius 1 is 1.24 bits per heavy atom. The van der Waals surface area contributed by atoms with Gasteiger partial charge in [-0.1, -0.05) is 17.7 Å². The molecule has 0 fully saturated rings. The lowest BCUT2D eigenvalue weighted by molar-refractivity contribution is 0.0947. The van der Waals surface area contributed by atoms with E-state index in [1.807, 2.05) is 19.1 Å². The van der Waals surface area contributed by atoms with Crippen LogP contribution in [0.15, 0.2) is 28.7 Å². The predicted octanol–water partition coefficient (Wildman–Crippen LogP) is 1.62. The molecule has 0 spiro atoms. The second-order valence-electron chi connectivity index (χ2n) is 3.76. The fourth-order valence-electron chi connectivity index (χ4n) is 1.37. The van der Waals surface area contributed by atoms with Crippen molar-refractivity contribution >= 4 is 5.91 Å². The first-order valence-electron chi connectivity index (χ1n) is 5.29. The zero-order valence-corrected chi connectivity index (χ0v) is 9.73. The van der Waals surface area contributed by atoms with Gasteiger partial charge < -0.3 is 9.73 Å². The second kappa shape index (κ2) is 4.78. The van der Waals surface area contributed by atoms with E-state index in [1.165, 1.54) is 0 Å². The molecule has 1 N–H and O–H groups in total. The molecule has 2 aromatic rings. The third kappa shape index (κ3) is 2.90. The van der Waals surface area contributed by atoms with Gasteiger partial charge in [-0.3, -0.25) is 4.79 Å². The largest absolute Gasteiger partial charge is 0.424 e. The van der Waals surface area contributed by atoms with Gasteiger partial charge in [-0.05, 0) is 19.1 Å². The Morgan fingerprint density at radius 3 is 2.53 bits per heavy atom. The van der Waals surface area contributed by atoms with Crippen molar-refractivity contribution in [3.63, 3.8) is 0 Å². The average Bonchev–Trinajstić information content (AvgIpc) is 2.73. The van der Waals surface area contributed by atoms with Gasteiger partial charge in [0, 0.05) is 12.5 Å². The minimum Gasteiger partial charge on any atom is -0.424 e. The minimum atomic E-state index is -0.152. The zero-order valence-electron chi connectivity index (χ0n) is 9.73. The van der Waals surface area contributed by atoms with Crippen molar-refractivity contribution in [1.29, 1.82) is 0 Å². The van der Waals surface area contributed by atoms with E-state index in [4.69, 9.17) is 4.42 Å². The highest BCUT2D eigenvalue weighted by molar-refractivity contribution is 5.94. The highest BCUT2D eigenvalue weighted by atomic mass is 16.4. The lowest BCUT2D eigenvalue weighted by Crippen LogP contribution is -2.22. The number of amides is 1.